The molecule has 1 aliphatic carbocycles. The van der Waals surface area contributed by atoms with Crippen LogP contribution in [0.5, 0.6) is 0 Å². The van der Waals surface area contributed by atoms with E-state index in [-0.39, 0.29) is 5.41 Å². The Morgan fingerprint density at radius 3 is 1.52 bits per heavy atom. The fraction of sp³-hybridized carbons (Fsp3) is 0.0462. The van der Waals surface area contributed by atoms with Crippen LogP contribution in [-0.2, 0) is 5.41 Å². The predicted molar refractivity (Wildman–Crippen MR) is 281 cm³/mol. The highest BCUT2D eigenvalue weighted by Crippen LogP contribution is 2.52. The van der Waals surface area contributed by atoms with E-state index in [4.69, 9.17) is 0 Å². The maximum atomic E-state index is 2.46. The summed E-state index contributed by atoms with van der Waals surface area (Å²) in [5, 5.41) is 5.01. The molecule has 0 spiro atoms. The summed E-state index contributed by atoms with van der Waals surface area (Å²) in [6.45, 7) is 4.74. The second-order valence-electron chi connectivity index (χ2n) is 18.1. The van der Waals surface area contributed by atoms with E-state index in [9.17, 15) is 0 Å². The zero-order valence-electron chi connectivity index (χ0n) is 37.1. The highest BCUT2D eigenvalue weighted by atomic mass is 15.1. The normalized spacial score (nSPS) is 12.5. The van der Waals surface area contributed by atoms with Crippen LogP contribution in [0.2, 0.25) is 0 Å². The Bertz CT molecular complexity index is 3580. The van der Waals surface area contributed by atoms with Crippen LogP contribution in [0.25, 0.3) is 88.3 Å². The van der Waals surface area contributed by atoms with Crippen molar-refractivity contribution in [2.75, 3.05) is 4.90 Å². The number of hydrogen-bond donors (Lipinski definition) is 0. The first kappa shape index (κ1) is 39.3. The van der Waals surface area contributed by atoms with Gasteiger partial charge in [0.2, 0.25) is 0 Å². The third kappa shape index (κ3) is 6.71. The molecule has 0 saturated carbocycles. The summed E-state index contributed by atoms with van der Waals surface area (Å²) < 4.78 is 0. The van der Waals surface area contributed by atoms with E-state index in [1.165, 1.54) is 93.9 Å². The highest BCUT2D eigenvalue weighted by Gasteiger charge is 2.37. The van der Waals surface area contributed by atoms with Crippen molar-refractivity contribution in [3.05, 3.63) is 260 Å². The fourth-order valence-corrected chi connectivity index (χ4v) is 10.7. The second kappa shape index (κ2) is 16.1. The van der Waals surface area contributed by atoms with Crippen LogP contribution in [0.3, 0.4) is 0 Å². The van der Waals surface area contributed by atoms with E-state index >= 15 is 0 Å². The molecular weight excluding hydrogens is 795 g/mol. The summed E-state index contributed by atoms with van der Waals surface area (Å²) in [6, 6.07) is 91.4. The van der Waals surface area contributed by atoms with Crippen molar-refractivity contribution in [3.63, 3.8) is 0 Å². The van der Waals surface area contributed by atoms with Crippen LogP contribution in [0.1, 0.15) is 25.0 Å². The molecule has 1 nitrogen and oxygen atoms in total. The van der Waals surface area contributed by atoms with Crippen LogP contribution in [0.15, 0.2) is 249 Å². The van der Waals surface area contributed by atoms with Gasteiger partial charge in [-0.25, -0.2) is 0 Å². The molecule has 12 rings (SSSR count). The molecule has 0 saturated heterocycles. The molecular formula is C65H47N. The Morgan fingerprint density at radius 1 is 0.288 bits per heavy atom. The molecule has 1 aliphatic rings. The molecule has 0 aliphatic heterocycles. The lowest BCUT2D eigenvalue weighted by Crippen LogP contribution is -2.16. The van der Waals surface area contributed by atoms with Crippen LogP contribution in [0, 0.1) is 0 Å². The zero-order valence-corrected chi connectivity index (χ0v) is 37.1. The first-order valence-corrected chi connectivity index (χ1v) is 23.0. The summed E-state index contributed by atoms with van der Waals surface area (Å²) in [5.74, 6) is 0. The van der Waals surface area contributed by atoms with Crippen molar-refractivity contribution in [2.24, 2.45) is 0 Å². The van der Waals surface area contributed by atoms with Crippen LogP contribution in [0.4, 0.5) is 17.1 Å². The molecule has 0 bridgehead atoms. The number of rotatable bonds is 8. The van der Waals surface area contributed by atoms with Crippen LogP contribution >= 0.6 is 0 Å². The number of nitrogens with zero attached hydrogens (tertiary/aromatic N) is 1. The van der Waals surface area contributed by atoms with Gasteiger partial charge in [0.25, 0.3) is 0 Å². The lowest BCUT2D eigenvalue weighted by molar-refractivity contribution is 0.662. The molecule has 0 aromatic heterocycles. The minimum absolute atomic E-state index is 0.118. The minimum Gasteiger partial charge on any atom is -0.310 e. The Kier molecular flexibility index (Phi) is 9.58. The summed E-state index contributed by atoms with van der Waals surface area (Å²) in [4.78, 5) is 2.46. The predicted octanol–water partition coefficient (Wildman–Crippen LogP) is 18.1. The van der Waals surface area contributed by atoms with E-state index in [1.54, 1.807) is 0 Å². The molecule has 0 heterocycles. The van der Waals surface area contributed by atoms with Crippen molar-refractivity contribution in [1.82, 2.24) is 0 Å². The molecule has 1 heteroatoms. The molecule has 0 unspecified atom stereocenters. The minimum atomic E-state index is -0.118. The summed E-state index contributed by atoms with van der Waals surface area (Å²) >= 11 is 0. The van der Waals surface area contributed by atoms with Crippen LogP contribution in [-0.4, -0.2) is 0 Å². The highest BCUT2D eigenvalue weighted by molar-refractivity contribution is 6.14. The lowest BCUT2D eigenvalue weighted by atomic mass is 9.79. The average molecular weight is 842 g/mol. The van der Waals surface area contributed by atoms with Gasteiger partial charge in [0, 0.05) is 22.4 Å². The van der Waals surface area contributed by atoms with Gasteiger partial charge in [-0.3, -0.25) is 0 Å². The van der Waals surface area contributed by atoms with Gasteiger partial charge >= 0.3 is 0 Å². The molecule has 0 fully saturated rings. The molecule has 0 amide bonds. The molecule has 0 radical (unpaired) electrons. The lowest BCUT2D eigenvalue weighted by Gasteiger charge is -2.29. The van der Waals surface area contributed by atoms with E-state index in [0.29, 0.717) is 0 Å². The largest absolute Gasteiger partial charge is 0.310 e. The van der Waals surface area contributed by atoms with Gasteiger partial charge in [-0.1, -0.05) is 220 Å². The SMILES string of the molecule is CC1(C)c2ccccc2-c2cccc(-c3ccc(N(c4ccc(-c5cccc(-c6ccccc6)c5)cc4)c4cc(-c5cc6ccccc6c6ccccc56)ccc4-c4ccccc4)cc3)c21. The van der Waals surface area contributed by atoms with Gasteiger partial charge in [0.1, 0.15) is 0 Å². The summed E-state index contributed by atoms with van der Waals surface area (Å²) in [6.07, 6.45) is 0. The number of fused-ring (bicyclic) bond motifs is 6. The zero-order chi connectivity index (χ0) is 44.2. The maximum absolute atomic E-state index is 2.46. The van der Waals surface area contributed by atoms with E-state index in [1.807, 2.05) is 0 Å². The Hall–Kier alpha value is -8.26. The summed E-state index contributed by atoms with van der Waals surface area (Å²) in [5.41, 5.74) is 20.6. The Balaban J connectivity index is 1.04. The smallest absolute Gasteiger partial charge is 0.0546 e. The van der Waals surface area contributed by atoms with Crippen molar-refractivity contribution in [1.29, 1.82) is 0 Å². The first-order chi connectivity index (χ1) is 32.5. The average Bonchev–Trinajstić information content (AvgIpc) is 3.63. The van der Waals surface area contributed by atoms with Gasteiger partial charge in [-0.15, -0.1) is 0 Å². The molecule has 66 heavy (non-hydrogen) atoms. The van der Waals surface area contributed by atoms with E-state index in [2.05, 4.69) is 267 Å². The van der Waals surface area contributed by atoms with Gasteiger partial charge in [-0.2, -0.15) is 0 Å². The third-order valence-electron chi connectivity index (χ3n) is 13.8. The molecule has 11 aromatic carbocycles. The molecule has 312 valence electrons. The van der Waals surface area contributed by atoms with E-state index < -0.39 is 0 Å². The standard InChI is InChI=1S/C65H47N/c1-65(2)62-30-14-13-27-59(62)60-29-16-28-56(64(60)65)47-33-38-53(39-34-47)66(52-36-31-45(32-37-52)49-23-15-22-48(41-49)44-17-5-3-6-18-44)63-43-51(35-40-55(63)46-19-7-4-8-20-46)61-42-50-21-9-10-24-54(50)57-25-11-12-26-58(57)61/h3-43H,1-2H3. The third-order valence-corrected chi connectivity index (χ3v) is 13.8. The van der Waals surface area contributed by atoms with Crippen molar-refractivity contribution in [2.45, 2.75) is 19.3 Å². The second-order valence-corrected chi connectivity index (χ2v) is 18.1. The number of hydrogen-bond acceptors (Lipinski definition) is 1. The molecule has 0 atom stereocenters. The monoisotopic (exact) mass is 841 g/mol. The van der Waals surface area contributed by atoms with Gasteiger partial charge in [0.15, 0.2) is 0 Å². The van der Waals surface area contributed by atoms with Gasteiger partial charge in [-0.05, 0) is 136 Å². The van der Waals surface area contributed by atoms with Crippen molar-refractivity contribution < 1.29 is 0 Å². The molecule has 0 N–H and O–H groups in total. The topological polar surface area (TPSA) is 3.24 Å². The van der Waals surface area contributed by atoms with Crippen LogP contribution < -0.4 is 4.90 Å². The molecule has 11 aromatic rings. The number of benzene rings is 11. The Labute approximate surface area is 387 Å². The van der Waals surface area contributed by atoms with E-state index in [0.717, 1.165) is 22.6 Å². The van der Waals surface area contributed by atoms with Crippen molar-refractivity contribution in [3.8, 4) is 66.8 Å². The quantitative estimate of drug-likeness (QED) is 0.138. The summed E-state index contributed by atoms with van der Waals surface area (Å²) in [7, 11) is 0. The number of anilines is 3. The Morgan fingerprint density at radius 2 is 0.788 bits per heavy atom. The van der Waals surface area contributed by atoms with Crippen molar-refractivity contribution >= 4 is 38.6 Å². The first-order valence-electron chi connectivity index (χ1n) is 23.0. The fourth-order valence-electron chi connectivity index (χ4n) is 10.7. The van der Waals surface area contributed by atoms with Gasteiger partial charge in [0.05, 0.1) is 5.69 Å². The van der Waals surface area contributed by atoms with Gasteiger partial charge < -0.3 is 4.90 Å². The maximum Gasteiger partial charge on any atom is 0.0546 e.